The summed E-state index contributed by atoms with van der Waals surface area (Å²) in [6, 6.07) is 1.04. The summed E-state index contributed by atoms with van der Waals surface area (Å²) in [6.07, 6.45) is 9.55. The molecule has 1 saturated carbocycles. The second-order valence-electron chi connectivity index (χ2n) is 6.82. The Hall–Kier alpha value is -0.410. The van der Waals surface area contributed by atoms with Crippen molar-refractivity contribution in [1.29, 1.82) is 0 Å². The van der Waals surface area contributed by atoms with Gasteiger partial charge < -0.3 is 4.90 Å². The molecule has 3 rings (SSSR count). The van der Waals surface area contributed by atoms with Gasteiger partial charge in [0.15, 0.2) is 0 Å². The first-order valence-corrected chi connectivity index (χ1v) is 8.22. The van der Waals surface area contributed by atoms with Gasteiger partial charge in [-0.25, -0.2) is 0 Å². The number of hydrogen-bond acceptors (Lipinski definition) is 3. The third kappa shape index (κ3) is 2.87. The Kier molecular flexibility index (Phi) is 4.23. The van der Waals surface area contributed by atoms with E-state index >= 15 is 0 Å². The lowest BCUT2D eigenvalue weighted by molar-refractivity contribution is -0.125. The largest absolute Gasteiger partial charge is 0.303 e. The number of rotatable bonds is 1. The van der Waals surface area contributed by atoms with Crippen LogP contribution < -0.4 is 0 Å². The van der Waals surface area contributed by atoms with Crippen LogP contribution in [0.4, 0.5) is 0 Å². The third-order valence-electron chi connectivity index (χ3n) is 5.59. The van der Waals surface area contributed by atoms with E-state index in [1.165, 1.54) is 45.2 Å². The minimum atomic E-state index is 0.260. The molecule has 19 heavy (non-hydrogen) atoms. The maximum absolute atomic E-state index is 12.3. The average molecular weight is 264 g/mol. The minimum Gasteiger partial charge on any atom is -0.303 e. The van der Waals surface area contributed by atoms with Crippen LogP contribution in [-0.4, -0.2) is 54.3 Å². The van der Waals surface area contributed by atoms with Gasteiger partial charge in [-0.2, -0.15) is 0 Å². The number of ketones is 1. The zero-order chi connectivity index (χ0) is 13.2. The minimum absolute atomic E-state index is 0.260. The summed E-state index contributed by atoms with van der Waals surface area (Å²) in [7, 11) is 2.28. The fraction of sp³-hybridized carbons (Fsp3) is 0.938. The summed E-state index contributed by atoms with van der Waals surface area (Å²) in [6.45, 7) is 3.58. The molecule has 0 N–H and O–H groups in total. The molecule has 2 saturated heterocycles. The van der Waals surface area contributed by atoms with Crippen molar-refractivity contribution in [3.05, 3.63) is 0 Å². The Morgan fingerprint density at radius 1 is 1.00 bits per heavy atom. The van der Waals surface area contributed by atoms with Gasteiger partial charge in [-0.3, -0.25) is 9.69 Å². The third-order valence-corrected chi connectivity index (χ3v) is 5.59. The number of fused-ring (bicyclic) bond motifs is 1. The molecule has 3 heteroatoms. The molecule has 0 spiro atoms. The number of carbonyl (C=O) groups is 1. The van der Waals surface area contributed by atoms with E-state index in [1.54, 1.807) is 0 Å². The van der Waals surface area contributed by atoms with E-state index in [9.17, 15) is 4.79 Å². The highest BCUT2D eigenvalue weighted by Crippen LogP contribution is 2.32. The highest BCUT2D eigenvalue weighted by Gasteiger charge is 2.38. The lowest BCUT2D eigenvalue weighted by Crippen LogP contribution is -2.56. The highest BCUT2D eigenvalue weighted by atomic mass is 16.1. The zero-order valence-corrected chi connectivity index (χ0v) is 12.3. The Balaban J connectivity index is 1.65. The molecular formula is C16H28N2O. The topological polar surface area (TPSA) is 23.6 Å². The Labute approximate surface area is 117 Å². The van der Waals surface area contributed by atoms with E-state index < -0.39 is 0 Å². The van der Waals surface area contributed by atoms with Crippen molar-refractivity contribution < 1.29 is 4.79 Å². The molecule has 0 radical (unpaired) electrons. The van der Waals surface area contributed by atoms with Gasteiger partial charge in [0.2, 0.25) is 0 Å². The number of likely N-dealkylation sites (tertiary alicyclic amines) is 2. The zero-order valence-electron chi connectivity index (χ0n) is 12.3. The van der Waals surface area contributed by atoms with Crippen LogP contribution in [0.15, 0.2) is 0 Å². The van der Waals surface area contributed by atoms with Crippen LogP contribution >= 0.6 is 0 Å². The normalized spacial score (nSPS) is 38.8. The van der Waals surface area contributed by atoms with E-state index in [1.807, 2.05) is 0 Å². The predicted octanol–water partition coefficient (Wildman–Crippen LogP) is 2.30. The highest BCUT2D eigenvalue weighted by molar-refractivity contribution is 5.84. The quantitative estimate of drug-likeness (QED) is 0.679. The second kappa shape index (κ2) is 5.92. The van der Waals surface area contributed by atoms with Gasteiger partial charge in [-0.05, 0) is 51.6 Å². The van der Waals surface area contributed by atoms with Gasteiger partial charge in [0.25, 0.3) is 0 Å². The molecule has 0 aromatic carbocycles. The number of nitrogens with zero attached hydrogens (tertiary/aromatic N) is 2. The Morgan fingerprint density at radius 2 is 1.89 bits per heavy atom. The van der Waals surface area contributed by atoms with E-state index in [0.717, 1.165) is 37.8 Å². The standard InChI is InChI=1S/C16H28N2O/c1-17-10-5-6-13-12-18(11-9-14(13)17)15-7-3-2-4-8-16(15)19/h13-15H,2-12H2,1H3. The maximum Gasteiger partial charge on any atom is 0.149 e. The summed E-state index contributed by atoms with van der Waals surface area (Å²) in [4.78, 5) is 17.4. The first kappa shape index (κ1) is 13.6. The van der Waals surface area contributed by atoms with Crippen LogP contribution in [0.25, 0.3) is 0 Å². The molecular weight excluding hydrogens is 236 g/mol. The van der Waals surface area contributed by atoms with Gasteiger partial charge in [0.05, 0.1) is 6.04 Å². The van der Waals surface area contributed by atoms with Crippen molar-refractivity contribution in [2.24, 2.45) is 5.92 Å². The van der Waals surface area contributed by atoms with Crippen molar-refractivity contribution in [1.82, 2.24) is 9.80 Å². The lowest BCUT2D eigenvalue weighted by atomic mass is 9.83. The Bertz CT molecular complexity index is 331. The second-order valence-corrected chi connectivity index (χ2v) is 6.82. The monoisotopic (exact) mass is 264 g/mol. The van der Waals surface area contributed by atoms with Gasteiger partial charge in [0, 0.05) is 25.6 Å². The molecule has 3 unspecified atom stereocenters. The summed E-state index contributed by atoms with van der Waals surface area (Å²) in [5.74, 6) is 1.34. The molecule has 0 amide bonds. The summed E-state index contributed by atoms with van der Waals surface area (Å²) in [5, 5.41) is 0. The van der Waals surface area contributed by atoms with Crippen LogP contribution in [0.3, 0.4) is 0 Å². The number of hydrogen-bond donors (Lipinski definition) is 0. The molecule has 2 heterocycles. The molecule has 0 bridgehead atoms. The van der Waals surface area contributed by atoms with Crippen LogP contribution in [0.5, 0.6) is 0 Å². The summed E-state index contributed by atoms with van der Waals surface area (Å²) in [5.41, 5.74) is 0. The number of carbonyl (C=O) groups excluding carboxylic acids is 1. The van der Waals surface area contributed by atoms with Crippen molar-refractivity contribution in [3.8, 4) is 0 Å². The van der Waals surface area contributed by atoms with Gasteiger partial charge >= 0.3 is 0 Å². The molecule has 108 valence electrons. The van der Waals surface area contributed by atoms with Crippen LogP contribution in [0.2, 0.25) is 0 Å². The van der Waals surface area contributed by atoms with Crippen molar-refractivity contribution in [2.45, 2.75) is 63.5 Å². The van der Waals surface area contributed by atoms with E-state index in [-0.39, 0.29) is 6.04 Å². The number of piperidine rings is 2. The first-order valence-electron chi connectivity index (χ1n) is 8.22. The van der Waals surface area contributed by atoms with Crippen molar-refractivity contribution in [2.75, 3.05) is 26.7 Å². The molecule has 3 nitrogen and oxygen atoms in total. The molecule has 2 aliphatic heterocycles. The summed E-state index contributed by atoms with van der Waals surface area (Å²) < 4.78 is 0. The van der Waals surface area contributed by atoms with Crippen LogP contribution in [0, 0.1) is 5.92 Å². The van der Waals surface area contributed by atoms with Crippen molar-refractivity contribution in [3.63, 3.8) is 0 Å². The molecule has 0 aromatic rings. The van der Waals surface area contributed by atoms with E-state index in [0.29, 0.717) is 5.78 Å². The molecule has 1 aliphatic carbocycles. The first-order chi connectivity index (χ1) is 9.25. The lowest BCUT2D eigenvalue weighted by Gasteiger charge is -2.47. The predicted molar refractivity (Wildman–Crippen MR) is 77.2 cm³/mol. The molecule has 3 fully saturated rings. The fourth-order valence-corrected chi connectivity index (χ4v) is 4.49. The Morgan fingerprint density at radius 3 is 2.79 bits per heavy atom. The number of Topliss-reactive ketones (excluding diaryl/α,β-unsaturated/α-hetero) is 1. The van der Waals surface area contributed by atoms with Gasteiger partial charge in [0.1, 0.15) is 5.78 Å². The van der Waals surface area contributed by atoms with Crippen LogP contribution in [-0.2, 0) is 4.79 Å². The smallest absolute Gasteiger partial charge is 0.149 e. The van der Waals surface area contributed by atoms with Crippen molar-refractivity contribution >= 4 is 5.78 Å². The molecule has 0 aromatic heterocycles. The SMILES string of the molecule is CN1CCCC2CN(C3CCCCCC3=O)CCC21. The fourth-order valence-electron chi connectivity index (χ4n) is 4.49. The molecule has 3 aliphatic rings. The van der Waals surface area contributed by atoms with E-state index in [4.69, 9.17) is 0 Å². The summed E-state index contributed by atoms with van der Waals surface area (Å²) >= 11 is 0. The van der Waals surface area contributed by atoms with Gasteiger partial charge in [-0.1, -0.05) is 12.8 Å². The maximum atomic E-state index is 12.3. The van der Waals surface area contributed by atoms with Gasteiger partial charge in [-0.15, -0.1) is 0 Å². The van der Waals surface area contributed by atoms with E-state index in [2.05, 4.69) is 16.8 Å². The molecule has 3 atom stereocenters. The van der Waals surface area contributed by atoms with Crippen LogP contribution in [0.1, 0.15) is 51.4 Å². The average Bonchev–Trinajstić information content (AvgIpc) is 2.63.